The van der Waals surface area contributed by atoms with Crippen LogP contribution in [-0.2, 0) is 14.8 Å². The van der Waals surface area contributed by atoms with Gasteiger partial charge in [0.05, 0.1) is 16.8 Å². The summed E-state index contributed by atoms with van der Waals surface area (Å²) in [6.07, 6.45) is 1.52. The number of carbonyl (C=O) groups is 1. The highest BCUT2D eigenvalue weighted by Crippen LogP contribution is 2.24. The first-order valence-corrected chi connectivity index (χ1v) is 11.2. The number of anilines is 1. The fraction of sp³-hybridized carbons (Fsp3) is 0.167. The number of hydrazone groups is 1. The minimum Gasteiger partial charge on any atom is -0.271 e. The fourth-order valence-electron chi connectivity index (χ4n) is 2.93. The number of nitrogens with zero attached hydrogens (tertiary/aromatic N) is 2. The lowest BCUT2D eigenvalue weighted by atomic mass is 10.2. The first-order chi connectivity index (χ1) is 14.8. The second-order valence-electron chi connectivity index (χ2n) is 7.37. The molecule has 3 aromatic carbocycles. The summed E-state index contributed by atoms with van der Waals surface area (Å²) in [7, 11) is -3.94. The van der Waals surface area contributed by atoms with E-state index in [2.05, 4.69) is 10.5 Å². The molecule has 3 rings (SSSR count). The van der Waals surface area contributed by atoms with Crippen LogP contribution in [0.4, 0.5) is 5.69 Å². The largest absolute Gasteiger partial charge is 0.271 e. The predicted octanol–water partition coefficient (Wildman–Crippen LogP) is 3.96. The SMILES string of the molecule is Cc1ccc(/C=N\NC(=O)CN(c2cccc(C)c2)S(=O)(=O)c2ccc(C)cc2)cc1. The molecule has 0 saturated carbocycles. The molecule has 0 unspecified atom stereocenters. The normalized spacial score (nSPS) is 11.5. The van der Waals surface area contributed by atoms with Crippen molar-refractivity contribution in [1.29, 1.82) is 0 Å². The van der Waals surface area contributed by atoms with Crippen LogP contribution in [0.2, 0.25) is 0 Å². The Labute approximate surface area is 183 Å². The molecule has 0 radical (unpaired) electrons. The average molecular weight is 436 g/mol. The Morgan fingerprint density at radius 2 is 1.52 bits per heavy atom. The predicted molar refractivity (Wildman–Crippen MR) is 124 cm³/mol. The number of amides is 1. The molecule has 31 heavy (non-hydrogen) atoms. The zero-order valence-electron chi connectivity index (χ0n) is 17.7. The minimum absolute atomic E-state index is 0.121. The Kier molecular flexibility index (Phi) is 6.87. The van der Waals surface area contributed by atoms with Gasteiger partial charge >= 0.3 is 0 Å². The zero-order chi connectivity index (χ0) is 22.4. The van der Waals surface area contributed by atoms with Crippen LogP contribution in [0.3, 0.4) is 0 Å². The number of sulfonamides is 1. The molecule has 0 saturated heterocycles. The Morgan fingerprint density at radius 3 is 2.13 bits per heavy atom. The third-order valence-electron chi connectivity index (χ3n) is 4.67. The summed E-state index contributed by atoms with van der Waals surface area (Å²) < 4.78 is 27.7. The first kappa shape index (κ1) is 22.2. The number of benzene rings is 3. The van der Waals surface area contributed by atoms with Gasteiger partial charge < -0.3 is 0 Å². The molecule has 7 heteroatoms. The van der Waals surface area contributed by atoms with Gasteiger partial charge in [-0.1, -0.05) is 59.7 Å². The minimum atomic E-state index is -3.94. The Hall–Kier alpha value is -3.45. The van der Waals surface area contributed by atoms with Crippen molar-refractivity contribution in [2.75, 3.05) is 10.8 Å². The van der Waals surface area contributed by atoms with Crippen LogP contribution < -0.4 is 9.73 Å². The fourth-order valence-corrected chi connectivity index (χ4v) is 4.35. The molecule has 0 aliphatic carbocycles. The lowest BCUT2D eigenvalue weighted by Crippen LogP contribution is -2.39. The van der Waals surface area contributed by atoms with Gasteiger partial charge in [0.15, 0.2) is 0 Å². The molecule has 0 bridgehead atoms. The van der Waals surface area contributed by atoms with Crippen LogP contribution in [0.25, 0.3) is 0 Å². The first-order valence-electron chi connectivity index (χ1n) is 9.80. The van der Waals surface area contributed by atoms with Gasteiger partial charge in [0.2, 0.25) is 0 Å². The molecule has 0 aliphatic rings. The van der Waals surface area contributed by atoms with Crippen molar-refractivity contribution in [3.05, 3.63) is 95.1 Å². The highest BCUT2D eigenvalue weighted by molar-refractivity contribution is 7.92. The highest BCUT2D eigenvalue weighted by atomic mass is 32.2. The Morgan fingerprint density at radius 1 is 0.903 bits per heavy atom. The molecule has 1 N–H and O–H groups in total. The molecule has 160 valence electrons. The highest BCUT2D eigenvalue weighted by Gasteiger charge is 2.27. The van der Waals surface area contributed by atoms with E-state index >= 15 is 0 Å². The summed E-state index contributed by atoms with van der Waals surface area (Å²) in [5.41, 5.74) is 6.62. The van der Waals surface area contributed by atoms with Gasteiger partial charge in [-0.2, -0.15) is 5.10 Å². The third-order valence-corrected chi connectivity index (χ3v) is 6.45. The van der Waals surface area contributed by atoms with Gasteiger partial charge in [0, 0.05) is 0 Å². The summed E-state index contributed by atoms with van der Waals surface area (Å²) >= 11 is 0. The van der Waals surface area contributed by atoms with Crippen molar-refractivity contribution in [1.82, 2.24) is 5.43 Å². The van der Waals surface area contributed by atoms with E-state index < -0.39 is 22.5 Å². The van der Waals surface area contributed by atoms with Crippen LogP contribution in [0, 0.1) is 20.8 Å². The maximum absolute atomic E-state index is 13.3. The lowest BCUT2D eigenvalue weighted by molar-refractivity contribution is -0.119. The second-order valence-corrected chi connectivity index (χ2v) is 9.23. The molecular formula is C24H25N3O3S. The zero-order valence-corrected chi connectivity index (χ0v) is 18.6. The molecule has 0 aromatic heterocycles. The van der Waals surface area contributed by atoms with E-state index in [4.69, 9.17) is 0 Å². The van der Waals surface area contributed by atoms with Crippen LogP contribution in [-0.4, -0.2) is 27.1 Å². The number of hydrogen-bond acceptors (Lipinski definition) is 4. The van der Waals surface area contributed by atoms with E-state index in [0.29, 0.717) is 5.69 Å². The van der Waals surface area contributed by atoms with Gasteiger partial charge in [-0.15, -0.1) is 0 Å². The van der Waals surface area contributed by atoms with Gasteiger partial charge in [0.25, 0.3) is 15.9 Å². The molecule has 0 atom stereocenters. The number of nitrogens with one attached hydrogen (secondary N) is 1. The van der Waals surface area contributed by atoms with Crippen molar-refractivity contribution in [2.45, 2.75) is 25.7 Å². The van der Waals surface area contributed by atoms with E-state index in [1.165, 1.54) is 6.21 Å². The van der Waals surface area contributed by atoms with Crippen LogP contribution in [0.1, 0.15) is 22.3 Å². The Balaban J connectivity index is 1.83. The van der Waals surface area contributed by atoms with Crippen LogP contribution >= 0.6 is 0 Å². The van der Waals surface area contributed by atoms with E-state index in [1.807, 2.05) is 51.1 Å². The number of carbonyl (C=O) groups excluding carboxylic acids is 1. The Bertz CT molecular complexity index is 1190. The maximum Gasteiger partial charge on any atom is 0.264 e. The van der Waals surface area contributed by atoms with E-state index in [0.717, 1.165) is 26.6 Å². The average Bonchev–Trinajstić information content (AvgIpc) is 2.73. The molecule has 0 heterocycles. The second kappa shape index (κ2) is 9.57. The molecule has 6 nitrogen and oxygen atoms in total. The quantitative estimate of drug-likeness (QED) is 0.451. The smallest absolute Gasteiger partial charge is 0.264 e. The van der Waals surface area contributed by atoms with Crippen molar-refractivity contribution in [3.63, 3.8) is 0 Å². The molecule has 0 fully saturated rings. The van der Waals surface area contributed by atoms with E-state index in [1.54, 1.807) is 42.5 Å². The maximum atomic E-state index is 13.3. The summed E-state index contributed by atoms with van der Waals surface area (Å²) in [6, 6.07) is 21.2. The molecule has 3 aromatic rings. The topological polar surface area (TPSA) is 78.8 Å². The summed E-state index contributed by atoms with van der Waals surface area (Å²) in [4.78, 5) is 12.7. The van der Waals surface area contributed by atoms with Crippen molar-refractivity contribution < 1.29 is 13.2 Å². The van der Waals surface area contributed by atoms with Crippen LogP contribution in [0.15, 0.2) is 82.8 Å². The molecule has 1 amide bonds. The third kappa shape index (κ3) is 5.79. The summed E-state index contributed by atoms with van der Waals surface area (Å²) in [5, 5.41) is 3.96. The number of aryl methyl sites for hydroxylation is 3. The number of hydrogen-bond donors (Lipinski definition) is 1. The van der Waals surface area contributed by atoms with Crippen molar-refractivity contribution >= 4 is 27.8 Å². The lowest BCUT2D eigenvalue weighted by Gasteiger charge is -2.24. The molecule has 0 aliphatic heterocycles. The molecular weight excluding hydrogens is 410 g/mol. The monoisotopic (exact) mass is 435 g/mol. The van der Waals surface area contributed by atoms with Crippen LogP contribution in [0.5, 0.6) is 0 Å². The van der Waals surface area contributed by atoms with Crippen molar-refractivity contribution in [2.24, 2.45) is 5.10 Å². The van der Waals surface area contributed by atoms with E-state index in [-0.39, 0.29) is 4.90 Å². The summed E-state index contributed by atoms with van der Waals surface area (Å²) in [5.74, 6) is -0.541. The van der Waals surface area contributed by atoms with Gasteiger partial charge in [-0.25, -0.2) is 13.8 Å². The van der Waals surface area contributed by atoms with Gasteiger partial charge in [-0.05, 0) is 56.2 Å². The van der Waals surface area contributed by atoms with Gasteiger partial charge in [0.1, 0.15) is 6.54 Å². The summed E-state index contributed by atoms with van der Waals surface area (Å²) in [6.45, 7) is 5.34. The van der Waals surface area contributed by atoms with E-state index in [9.17, 15) is 13.2 Å². The van der Waals surface area contributed by atoms with Crippen molar-refractivity contribution in [3.8, 4) is 0 Å². The number of rotatable bonds is 7. The standard InChI is InChI=1S/C24H25N3O3S/c1-18-7-11-21(12-8-18)16-25-26-24(28)17-27(22-6-4-5-20(3)15-22)31(29,30)23-13-9-19(2)10-14-23/h4-16H,17H2,1-3H3,(H,26,28)/b25-16-. The molecule has 0 spiro atoms. The van der Waals surface area contributed by atoms with Gasteiger partial charge in [-0.3, -0.25) is 9.10 Å².